The molecule has 0 saturated heterocycles. The van der Waals surface area contributed by atoms with Crippen molar-refractivity contribution in [3.8, 4) is 0 Å². The monoisotopic (exact) mass is 368 g/mol. The van der Waals surface area contributed by atoms with Crippen molar-refractivity contribution in [2.24, 2.45) is 0 Å². The number of aliphatic carboxylic acids is 1. The highest BCUT2D eigenvalue weighted by atomic mass is 32.2. The van der Waals surface area contributed by atoms with Gasteiger partial charge >= 0.3 is 5.97 Å². The second-order valence-corrected chi connectivity index (χ2v) is 6.64. The predicted molar refractivity (Wildman–Crippen MR) is 76.0 cm³/mol. The molecule has 0 heterocycles. The van der Waals surface area contributed by atoms with Crippen LogP contribution in [0, 0.1) is 17.5 Å². The molecule has 0 aliphatic heterocycles. The molecule has 0 bridgehead atoms. The van der Waals surface area contributed by atoms with E-state index in [0.717, 1.165) is 13.8 Å². The van der Waals surface area contributed by atoms with E-state index < -0.39 is 56.8 Å². The quantitative estimate of drug-likeness (QED) is 0.738. The first-order valence-corrected chi connectivity index (χ1v) is 8.06. The SMILES string of the molecule is CC(=O)NCCN(C(C)C(=O)O)S(=O)(=O)c1c(F)cc(F)cc1F. The van der Waals surface area contributed by atoms with Crippen molar-refractivity contribution in [2.75, 3.05) is 13.1 Å². The maximum atomic E-state index is 13.8. The molecule has 134 valence electrons. The number of hydrogen-bond donors (Lipinski definition) is 2. The minimum absolute atomic E-state index is 0.174. The largest absolute Gasteiger partial charge is 0.480 e. The Morgan fingerprint density at radius 1 is 1.25 bits per heavy atom. The van der Waals surface area contributed by atoms with Crippen molar-refractivity contribution in [2.45, 2.75) is 24.8 Å². The van der Waals surface area contributed by atoms with Crippen LogP contribution in [0.1, 0.15) is 13.8 Å². The summed E-state index contributed by atoms with van der Waals surface area (Å²) in [5, 5.41) is 11.3. The number of halogens is 3. The Balaban J connectivity index is 3.34. The Morgan fingerprint density at radius 2 is 1.75 bits per heavy atom. The van der Waals surface area contributed by atoms with Gasteiger partial charge in [0.25, 0.3) is 0 Å². The Labute approximate surface area is 136 Å². The van der Waals surface area contributed by atoms with Crippen molar-refractivity contribution >= 4 is 21.9 Å². The molecule has 0 radical (unpaired) electrons. The van der Waals surface area contributed by atoms with Gasteiger partial charge in [-0.2, -0.15) is 4.31 Å². The van der Waals surface area contributed by atoms with E-state index >= 15 is 0 Å². The predicted octanol–water partition coefficient (Wildman–Crippen LogP) is 0.704. The number of rotatable bonds is 7. The number of amides is 1. The van der Waals surface area contributed by atoms with E-state index in [1.165, 1.54) is 0 Å². The zero-order chi connectivity index (χ0) is 18.7. The van der Waals surface area contributed by atoms with Crippen LogP contribution in [0.15, 0.2) is 17.0 Å². The second kappa shape index (κ2) is 7.62. The fourth-order valence-corrected chi connectivity index (χ4v) is 3.56. The molecular formula is C13H15F3N2O5S. The number of carboxylic acid groups (broad SMARTS) is 1. The second-order valence-electron chi connectivity index (χ2n) is 4.81. The van der Waals surface area contributed by atoms with E-state index in [2.05, 4.69) is 5.32 Å². The summed E-state index contributed by atoms with van der Waals surface area (Å²) in [5.74, 6) is -6.76. The number of carboxylic acids is 1. The third kappa shape index (κ3) is 4.45. The summed E-state index contributed by atoms with van der Waals surface area (Å²) in [6, 6.07) is -1.33. The molecule has 7 nitrogen and oxygen atoms in total. The fraction of sp³-hybridized carbons (Fsp3) is 0.385. The first-order valence-electron chi connectivity index (χ1n) is 6.62. The maximum absolute atomic E-state index is 13.8. The smallest absolute Gasteiger partial charge is 0.321 e. The molecule has 1 rings (SSSR count). The number of sulfonamides is 1. The maximum Gasteiger partial charge on any atom is 0.321 e. The van der Waals surface area contributed by atoms with Crippen molar-refractivity contribution in [3.63, 3.8) is 0 Å². The van der Waals surface area contributed by atoms with Crippen LogP contribution in [-0.4, -0.2) is 48.8 Å². The van der Waals surface area contributed by atoms with Gasteiger partial charge in [0.15, 0.2) is 4.90 Å². The number of carbonyl (C=O) groups excluding carboxylic acids is 1. The number of benzene rings is 1. The lowest BCUT2D eigenvalue weighted by Gasteiger charge is -2.26. The van der Waals surface area contributed by atoms with Crippen LogP contribution >= 0.6 is 0 Å². The van der Waals surface area contributed by atoms with Crippen molar-refractivity contribution in [1.82, 2.24) is 9.62 Å². The molecule has 0 fully saturated rings. The fourth-order valence-electron chi connectivity index (χ4n) is 1.88. The molecule has 1 unspecified atom stereocenters. The number of nitrogens with one attached hydrogen (secondary N) is 1. The van der Waals surface area contributed by atoms with Crippen molar-refractivity contribution in [1.29, 1.82) is 0 Å². The Hall–Kier alpha value is -2.14. The van der Waals surface area contributed by atoms with Crippen LogP contribution in [0.25, 0.3) is 0 Å². The van der Waals surface area contributed by atoms with E-state index in [0.29, 0.717) is 4.31 Å². The van der Waals surface area contributed by atoms with Crippen molar-refractivity contribution < 1.29 is 36.3 Å². The van der Waals surface area contributed by atoms with E-state index in [1.54, 1.807) is 0 Å². The molecule has 1 atom stereocenters. The molecule has 1 aromatic rings. The minimum Gasteiger partial charge on any atom is -0.480 e. The van der Waals surface area contributed by atoms with Crippen LogP contribution in [-0.2, 0) is 19.6 Å². The molecule has 11 heteroatoms. The standard InChI is InChI=1S/C13H15F3N2O5S/c1-7(13(20)21)18(4-3-17-8(2)19)24(22,23)12-10(15)5-9(14)6-11(12)16/h5-7H,3-4H2,1-2H3,(H,17,19)(H,20,21). The number of nitrogens with zero attached hydrogens (tertiary/aromatic N) is 1. The lowest BCUT2D eigenvalue weighted by molar-refractivity contribution is -0.140. The summed E-state index contributed by atoms with van der Waals surface area (Å²) in [5.41, 5.74) is 0. The van der Waals surface area contributed by atoms with E-state index in [1.807, 2.05) is 0 Å². The average molecular weight is 368 g/mol. The highest BCUT2D eigenvalue weighted by molar-refractivity contribution is 7.89. The van der Waals surface area contributed by atoms with Crippen LogP contribution in [0.5, 0.6) is 0 Å². The summed E-state index contributed by atoms with van der Waals surface area (Å²) in [6.45, 7) is 1.31. The van der Waals surface area contributed by atoms with E-state index in [-0.39, 0.29) is 18.7 Å². The van der Waals surface area contributed by atoms with Gasteiger partial charge in [0.2, 0.25) is 15.9 Å². The third-order valence-electron chi connectivity index (χ3n) is 3.03. The molecule has 0 aliphatic carbocycles. The van der Waals surface area contributed by atoms with Gasteiger partial charge in [-0.05, 0) is 6.92 Å². The third-order valence-corrected chi connectivity index (χ3v) is 5.05. The zero-order valence-electron chi connectivity index (χ0n) is 12.7. The topological polar surface area (TPSA) is 104 Å². The van der Waals surface area contributed by atoms with Gasteiger partial charge in [-0.25, -0.2) is 21.6 Å². The minimum atomic E-state index is -4.94. The Bertz CT molecular complexity index is 731. The van der Waals surface area contributed by atoms with E-state index in [4.69, 9.17) is 5.11 Å². The van der Waals surface area contributed by atoms with E-state index in [9.17, 15) is 31.2 Å². The first-order chi connectivity index (χ1) is 11.0. The molecule has 1 aromatic carbocycles. The number of carbonyl (C=O) groups is 2. The summed E-state index contributed by atoms with van der Waals surface area (Å²) < 4.78 is 65.7. The lowest BCUT2D eigenvalue weighted by atomic mass is 10.3. The number of hydrogen-bond acceptors (Lipinski definition) is 4. The van der Waals surface area contributed by atoms with Crippen LogP contribution in [0.4, 0.5) is 13.2 Å². The highest BCUT2D eigenvalue weighted by Gasteiger charge is 2.36. The van der Waals surface area contributed by atoms with Crippen LogP contribution < -0.4 is 5.32 Å². The van der Waals surface area contributed by atoms with Crippen LogP contribution in [0.3, 0.4) is 0 Å². The highest BCUT2D eigenvalue weighted by Crippen LogP contribution is 2.25. The molecule has 0 saturated carbocycles. The molecule has 2 N–H and O–H groups in total. The molecule has 1 amide bonds. The molecule has 0 aliphatic rings. The zero-order valence-corrected chi connectivity index (χ0v) is 13.5. The molecular weight excluding hydrogens is 353 g/mol. The Kier molecular flexibility index (Phi) is 6.32. The van der Waals surface area contributed by atoms with Crippen LogP contribution in [0.2, 0.25) is 0 Å². The summed E-state index contributed by atoms with van der Waals surface area (Å²) >= 11 is 0. The van der Waals surface area contributed by atoms with Gasteiger partial charge in [0.05, 0.1) is 0 Å². The lowest BCUT2D eigenvalue weighted by Crippen LogP contribution is -2.47. The average Bonchev–Trinajstić information content (AvgIpc) is 2.40. The first kappa shape index (κ1) is 19.9. The summed E-state index contributed by atoms with van der Waals surface area (Å²) in [6.07, 6.45) is 0. The van der Waals surface area contributed by atoms with Gasteiger partial charge in [-0.15, -0.1) is 0 Å². The summed E-state index contributed by atoms with van der Waals surface area (Å²) in [7, 11) is -4.94. The van der Waals surface area contributed by atoms with Gasteiger partial charge < -0.3 is 10.4 Å². The van der Waals surface area contributed by atoms with Gasteiger partial charge in [-0.3, -0.25) is 9.59 Å². The molecule has 24 heavy (non-hydrogen) atoms. The van der Waals surface area contributed by atoms with Crippen molar-refractivity contribution in [3.05, 3.63) is 29.6 Å². The van der Waals surface area contributed by atoms with Gasteiger partial charge in [-0.1, -0.05) is 0 Å². The van der Waals surface area contributed by atoms with Gasteiger partial charge in [0, 0.05) is 32.1 Å². The Morgan fingerprint density at radius 3 is 2.17 bits per heavy atom. The normalized spacial score (nSPS) is 12.9. The summed E-state index contributed by atoms with van der Waals surface area (Å²) in [4.78, 5) is 20.5. The molecule has 0 aromatic heterocycles. The molecule has 0 spiro atoms. The van der Waals surface area contributed by atoms with Gasteiger partial charge in [0.1, 0.15) is 23.5 Å².